The van der Waals surface area contributed by atoms with Gasteiger partial charge in [-0.05, 0) is 17.2 Å². The van der Waals surface area contributed by atoms with Gasteiger partial charge in [-0.3, -0.25) is 9.59 Å². The van der Waals surface area contributed by atoms with Gasteiger partial charge in [0.25, 0.3) is 0 Å². The number of nitrogens with one attached hydrogen (secondary N) is 1. The van der Waals surface area contributed by atoms with Crippen molar-refractivity contribution in [1.82, 2.24) is 4.90 Å². The van der Waals surface area contributed by atoms with Crippen molar-refractivity contribution in [2.24, 2.45) is 0 Å². The number of fused-ring (bicyclic) bond motifs is 1. The van der Waals surface area contributed by atoms with Crippen molar-refractivity contribution in [2.75, 3.05) is 31.6 Å². The van der Waals surface area contributed by atoms with Crippen LogP contribution in [0.3, 0.4) is 0 Å². The molecule has 0 atom stereocenters. The molecule has 0 aliphatic carbocycles. The maximum Gasteiger partial charge on any atom is 0.228 e. The van der Waals surface area contributed by atoms with E-state index >= 15 is 0 Å². The van der Waals surface area contributed by atoms with Crippen LogP contribution in [0.25, 0.3) is 0 Å². The third kappa shape index (κ3) is 2.84. The van der Waals surface area contributed by atoms with Crippen molar-refractivity contribution in [1.29, 1.82) is 0 Å². The lowest BCUT2D eigenvalue weighted by Gasteiger charge is -2.37. The van der Waals surface area contributed by atoms with Crippen molar-refractivity contribution < 1.29 is 19.1 Å². The number of ether oxygens (including phenoxy) is 2. The lowest BCUT2D eigenvalue weighted by atomic mass is 10.0. The summed E-state index contributed by atoms with van der Waals surface area (Å²) in [5.41, 5.74) is 2.80. The van der Waals surface area contributed by atoms with Gasteiger partial charge < -0.3 is 19.7 Å². The smallest absolute Gasteiger partial charge is 0.228 e. The predicted octanol–water partition coefficient (Wildman–Crippen LogP) is 1.09. The van der Waals surface area contributed by atoms with E-state index in [1.807, 2.05) is 23.1 Å². The summed E-state index contributed by atoms with van der Waals surface area (Å²) in [6, 6.07) is 5.75. The number of piperidine rings is 1. The number of rotatable bonds is 2. The number of carbonyl (C=O) groups excluding carboxylic acids is 2. The second-order valence-corrected chi connectivity index (χ2v) is 6.38. The molecule has 2 amide bonds. The fourth-order valence-electron chi connectivity index (χ4n) is 3.56. The first kappa shape index (κ1) is 14.7. The Balaban J connectivity index is 1.37. The molecule has 2 fully saturated rings. The normalized spacial score (nSPS) is 22.3. The SMILES string of the molecule is O=C1Cc2cc(CC(=O)N3CCC4(CC3)OCCO4)ccc2N1. The summed E-state index contributed by atoms with van der Waals surface area (Å²) >= 11 is 0. The van der Waals surface area contributed by atoms with Crippen LogP contribution in [-0.4, -0.2) is 48.8 Å². The van der Waals surface area contributed by atoms with Gasteiger partial charge in [0.1, 0.15) is 0 Å². The average Bonchev–Trinajstić information content (AvgIpc) is 3.13. The number of nitrogens with zero attached hydrogens (tertiary/aromatic N) is 1. The Labute approximate surface area is 134 Å². The molecule has 122 valence electrons. The molecule has 6 nitrogen and oxygen atoms in total. The molecule has 3 aliphatic rings. The molecule has 1 aromatic carbocycles. The van der Waals surface area contributed by atoms with E-state index in [2.05, 4.69) is 5.32 Å². The molecule has 0 unspecified atom stereocenters. The van der Waals surface area contributed by atoms with Crippen LogP contribution < -0.4 is 5.32 Å². The van der Waals surface area contributed by atoms with Crippen LogP contribution in [0.4, 0.5) is 5.69 Å². The van der Waals surface area contributed by atoms with Crippen LogP contribution in [-0.2, 0) is 31.9 Å². The van der Waals surface area contributed by atoms with E-state index in [1.54, 1.807) is 0 Å². The molecule has 1 N–H and O–H groups in total. The molecule has 2 saturated heterocycles. The molecular formula is C17H20N2O4. The van der Waals surface area contributed by atoms with Crippen LogP contribution >= 0.6 is 0 Å². The van der Waals surface area contributed by atoms with Gasteiger partial charge in [0.15, 0.2) is 5.79 Å². The van der Waals surface area contributed by atoms with E-state index < -0.39 is 5.79 Å². The second-order valence-electron chi connectivity index (χ2n) is 6.38. The monoisotopic (exact) mass is 316 g/mol. The van der Waals surface area contributed by atoms with E-state index in [9.17, 15) is 9.59 Å². The Morgan fingerprint density at radius 3 is 2.70 bits per heavy atom. The molecule has 0 radical (unpaired) electrons. The zero-order valence-corrected chi connectivity index (χ0v) is 13.0. The molecule has 3 aliphatic heterocycles. The molecular weight excluding hydrogens is 296 g/mol. The second kappa shape index (κ2) is 5.62. The number of hydrogen-bond acceptors (Lipinski definition) is 4. The van der Waals surface area contributed by atoms with Gasteiger partial charge in [-0.1, -0.05) is 12.1 Å². The molecule has 0 saturated carbocycles. The van der Waals surface area contributed by atoms with E-state index in [-0.39, 0.29) is 11.8 Å². The number of benzene rings is 1. The van der Waals surface area contributed by atoms with Gasteiger partial charge in [-0.15, -0.1) is 0 Å². The first-order chi connectivity index (χ1) is 11.1. The van der Waals surface area contributed by atoms with Crippen LogP contribution in [0.1, 0.15) is 24.0 Å². The molecule has 1 aromatic rings. The van der Waals surface area contributed by atoms with E-state index in [0.29, 0.717) is 39.1 Å². The summed E-state index contributed by atoms with van der Waals surface area (Å²) in [7, 11) is 0. The average molecular weight is 316 g/mol. The fraction of sp³-hybridized carbons (Fsp3) is 0.529. The highest BCUT2D eigenvalue weighted by atomic mass is 16.7. The Morgan fingerprint density at radius 1 is 1.22 bits per heavy atom. The van der Waals surface area contributed by atoms with Crippen molar-refractivity contribution >= 4 is 17.5 Å². The van der Waals surface area contributed by atoms with Crippen molar-refractivity contribution in [2.45, 2.75) is 31.5 Å². The van der Waals surface area contributed by atoms with Gasteiger partial charge in [-0.25, -0.2) is 0 Å². The van der Waals surface area contributed by atoms with Crippen molar-refractivity contribution in [3.8, 4) is 0 Å². The lowest BCUT2D eigenvalue weighted by molar-refractivity contribution is -0.187. The quantitative estimate of drug-likeness (QED) is 0.887. The minimum absolute atomic E-state index is 0.0152. The Bertz CT molecular complexity index is 642. The molecule has 0 bridgehead atoms. The Hall–Kier alpha value is -1.92. The van der Waals surface area contributed by atoms with Gasteiger partial charge >= 0.3 is 0 Å². The highest BCUT2D eigenvalue weighted by Gasteiger charge is 2.40. The van der Waals surface area contributed by atoms with Crippen molar-refractivity contribution in [3.05, 3.63) is 29.3 Å². The van der Waals surface area contributed by atoms with Gasteiger partial charge in [0.05, 0.1) is 26.1 Å². The predicted molar refractivity (Wildman–Crippen MR) is 82.9 cm³/mol. The summed E-state index contributed by atoms with van der Waals surface area (Å²) < 4.78 is 11.4. The lowest BCUT2D eigenvalue weighted by Crippen LogP contribution is -2.47. The Kier molecular flexibility index (Phi) is 3.58. The zero-order chi connectivity index (χ0) is 15.9. The maximum absolute atomic E-state index is 12.5. The third-order valence-electron chi connectivity index (χ3n) is 4.84. The standard InChI is InChI=1S/C17H20N2O4/c20-15-11-13-9-12(1-2-14(13)18-15)10-16(21)19-5-3-17(4-6-19)22-7-8-23-17/h1-2,9H,3-8,10-11H2,(H,18,20). The van der Waals surface area contributed by atoms with Crippen LogP contribution in [0.2, 0.25) is 0 Å². The van der Waals surface area contributed by atoms with E-state index in [4.69, 9.17) is 9.47 Å². The minimum atomic E-state index is -0.448. The zero-order valence-electron chi connectivity index (χ0n) is 13.0. The molecule has 3 heterocycles. The molecule has 4 rings (SSSR count). The highest BCUT2D eigenvalue weighted by Crippen LogP contribution is 2.31. The van der Waals surface area contributed by atoms with Crippen LogP contribution in [0.5, 0.6) is 0 Å². The summed E-state index contributed by atoms with van der Waals surface area (Å²) in [5, 5.41) is 2.81. The molecule has 6 heteroatoms. The minimum Gasteiger partial charge on any atom is -0.347 e. The third-order valence-corrected chi connectivity index (χ3v) is 4.84. The Morgan fingerprint density at radius 2 is 1.96 bits per heavy atom. The first-order valence-electron chi connectivity index (χ1n) is 8.11. The largest absolute Gasteiger partial charge is 0.347 e. The first-order valence-corrected chi connectivity index (χ1v) is 8.11. The molecule has 23 heavy (non-hydrogen) atoms. The summed E-state index contributed by atoms with van der Waals surface area (Å²) in [6.45, 7) is 2.64. The maximum atomic E-state index is 12.5. The summed E-state index contributed by atoms with van der Waals surface area (Å²) in [4.78, 5) is 25.8. The van der Waals surface area contributed by atoms with E-state index in [0.717, 1.165) is 29.7 Å². The van der Waals surface area contributed by atoms with Gasteiger partial charge in [0.2, 0.25) is 11.8 Å². The van der Waals surface area contributed by atoms with Gasteiger partial charge in [0, 0.05) is 31.6 Å². The number of anilines is 1. The summed E-state index contributed by atoms with van der Waals surface area (Å²) in [6.07, 6.45) is 2.25. The fourth-order valence-corrected chi connectivity index (χ4v) is 3.56. The number of amides is 2. The molecule has 0 aromatic heterocycles. The van der Waals surface area contributed by atoms with Gasteiger partial charge in [-0.2, -0.15) is 0 Å². The summed E-state index contributed by atoms with van der Waals surface area (Å²) in [5.74, 6) is -0.312. The number of likely N-dealkylation sites (tertiary alicyclic amines) is 1. The van der Waals surface area contributed by atoms with Crippen LogP contribution in [0, 0.1) is 0 Å². The topological polar surface area (TPSA) is 67.9 Å². The molecule has 1 spiro atoms. The van der Waals surface area contributed by atoms with Crippen LogP contribution in [0.15, 0.2) is 18.2 Å². The number of hydrogen-bond donors (Lipinski definition) is 1. The number of carbonyl (C=O) groups is 2. The highest BCUT2D eigenvalue weighted by molar-refractivity contribution is 5.99. The van der Waals surface area contributed by atoms with E-state index in [1.165, 1.54) is 0 Å². The van der Waals surface area contributed by atoms with Crippen molar-refractivity contribution in [3.63, 3.8) is 0 Å².